The first-order valence-corrected chi connectivity index (χ1v) is 6.08. The second kappa shape index (κ2) is 5.71. The van der Waals surface area contributed by atoms with Crippen molar-refractivity contribution in [3.63, 3.8) is 0 Å². The number of hydrogen-bond acceptors (Lipinski definition) is 4. The Labute approximate surface area is 115 Å². The van der Waals surface area contributed by atoms with E-state index in [1.54, 1.807) is 23.0 Å². The van der Waals surface area contributed by atoms with E-state index < -0.39 is 0 Å². The first-order valence-electron chi connectivity index (χ1n) is 5.71. The monoisotopic (exact) mass is 279 g/mol. The van der Waals surface area contributed by atoms with Gasteiger partial charge in [0, 0.05) is 19.7 Å². The van der Waals surface area contributed by atoms with Gasteiger partial charge in [-0.2, -0.15) is 0 Å². The zero-order valence-electron chi connectivity index (χ0n) is 10.6. The minimum absolute atomic E-state index is 0.158. The Balaban J connectivity index is 2.08. The quantitative estimate of drug-likeness (QED) is 0.898. The molecule has 0 saturated heterocycles. The number of nitrogens with zero attached hydrogens (tertiary/aromatic N) is 3. The first-order chi connectivity index (χ1) is 9.06. The van der Waals surface area contributed by atoms with Gasteiger partial charge in [-0.15, -0.1) is 5.10 Å². The van der Waals surface area contributed by atoms with Gasteiger partial charge in [0.05, 0.1) is 29.1 Å². The van der Waals surface area contributed by atoms with Crippen LogP contribution in [0.4, 0.5) is 11.4 Å². The average molecular weight is 280 g/mol. The largest absolute Gasteiger partial charge is 0.379 e. The van der Waals surface area contributed by atoms with Crippen LogP contribution in [0.1, 0.15) is 12.6 Å². The molecule has 7 heteroatoms. The van der Waals surface area contributed by atoms with Crippen LogP contribution in [0.3, 0.4) is 0 Å². The Morgan fingerprint density at radius 3 is 2.89 bits per heavy atom. The number of carbonyl (C=O) groups excluding carboxylic acids is 1. The summed E-state index contributed by atoms with van der Waals surface area (Å²) in [7, 11) is 1.83. The molecular weight excluding hydrogens is 266 g/mol. The van der Waals surface area contributed by atoms with E-state index in [4.69, 9.17) is 11.6 Å². The van der Waals surface area contributed by atoms with Gasteiger partial charge in [0.15, 0.2) is 0 Å². The van der Waals surface area contributed by atoms with Crippen molar-refractivity contribution in [3.05, 3.63) is 35.1 Å². The molecule has 0 aliphatic carbocycles. The maximum absolute atomic E-state index is 11.1. The van der Waals surface area contributed by atoms with Crippen LogP contribution in [-0.4, -0.2) is 20.9 Å². The number of halogens is 1. The van der Waals surface area contributed by atoms with E-state index in [0.29, 0.717) is 17.3 Å². The number of benzene rings is 1. The number of carbonyl (C=O) groups is 1. The van der Waals surface area contributed by atoms with Crippen LogP contribution in [0, 0.1) is 0 Å². The number of anilines is 2. The Bertz CT molecular complexity index is 596. The van der Waals surface area contributed by atoms with Crippen LogP contribution in [-0.2, 0) is 18.4 Å². The number of aromatic nitrogens is 3. The predicted octanol–water partition coefficient (Wildman–Crippen LogP) is 2.04. The van der Waals surface area contributed by atoms with Crippen LogP contribution >= 0.6 is 11.6 Å². The normalized spacial score (nSPS) is 10.3. The van der Waals surface area contributed by atoms with Crippen molar-refractivity contribution >= 4 is 28.9 Å². The lowest BCUT2D eigenvalue weighted by atomic mass is 10.2. The van der Waals surface area contributed by atoms with Gasteiger partial charge in [0.25, 0.3) is 0 Å². The van der Waals surface area contributed by atoms with Gasteiger partial charge in [-0.1, -0.05) is 16.8 Å². The van der Waals surface area contributed by atoms with Gasteiger partial charge in [0.1, 0.15) is 0 Å². The summed E-state index contributed by atoms with van der Waals surface area (Å²) in [6, 6.07) is 5.36. The molecule has 0 bridgehead atoms. The molecule has 0 aliphatic heterocycles. The lowest BCUT2D eigenvalue weighted by molar-refractivity contribution is -0.114. The molecule has 100 valence electrons. The van der Waals surface area contributed by atoms with E-state index in [0.717, 1.165) is 11.4 Å². The molecule has 0 atom stereocenters. The molecule has 0 unspecified atom stereocenters. The Morgan fingerprint density at radius 2 is 2.26 bits per heavy atom. The second-order valence-corrected chi connectivity index (χ2v) is 4.49. The summed E-state index contributed by atoms with van der Waals surface area (Å²) < 4.78 is 1.69. The highest BCUT2D eigenvalue weighted by molar-refractivity contribution is 6.33. The Kier molecular flexibility index (Phi) is 4.01. The van der Waals surface area contributed by atoms with Crippen molar-refractivity contribution in [2.75, 3.05) is 10.6 Å². The van der Waals surface area contributed by atoms with Crippen LogP contribution in [0.25, 0.3) is 0 Å². The molecule has 19 heavy (non-hydrogen) atoms. The van der Waals surface area contributed by atoms with Gasteiger partial charge < -0.3 is 10.6 Å². The van der Waals surface area contributed by atoms with Gasteiger partial charge in [0.2, 0.25) is 5.91 Å². The van der Waals surface area contributed by atoms with Gasteiger partial charge in [-0.05, 0) is 18.2 Å². The maximum Gasteiger partial charge on any atom is 0.221 e. The molecule has 0 fully saturated rings. The molecule has 2 aromatic rings. The zero-order valence-corrected chi connectivity index (χ0v) is 11.4. The van der Waals surface area contributed by atoms with Crippen molar-refractivity contribution in [3.8, 4) is 0 Å². The third kappa shape index (κ3) is 3.45. The number of hydrogen-bond donors (Lipinski definition) is 2. The van der Waals surface area contributed by atoms with Crippen molar-refractivity contribution < 1.29 is 4.79 Å². The van der Waals surface area contributed by atoms with Crippen LogP contribution in [0.2, 0.25) is 5.02 Å². The van der Waals surface area contributed by atoms with E-state index in [1.807, 2.05) is 13.1 Å². The Hall–Kier alpha value is -2.08. The van der Waals surface area contributed by atoms with E-state index in [-0.39, 0.29) is 5.91 Å². The molecule has 2 N–H and O–H groups in total. The minimum Gasteiger partial charge on any atom is -0.379 e. The van der Waals surface area contributed by atoms with E-state index in [2.05, 4.69) is 20.9 Å². The summed E-state index contributed by atoms with van der Waals surface area (Å²) in [6.45, 7) is 2.03. The van der Waals surface area contributed by atoms with Crippen molar-refractivity contribution in [2.24, 2.45) is 7.05 Å². The number of amides is 1. The maximum atomic E-state index is 11.1. The summed E-state index contributed by atoms with van der Waals surface area (Å²) in [5.74, 6) is -0.158. The SMILES string of the molecule is CC(=O)Nc1cc(NCc2cnnn2C)ccc1Cl. The molecule has 0 spiro atoms. The van der Waals surface area contributed by atoms with Crippen molar-refractivity contribution in [1.82, 2.24) is 15.0 Å². The molecule has 0 saturated carbocycles. The smallest absolute Gasteiger partial charge is 0.221 e. The molecule has 0 aliphatic rings. The predicted molar refractivity (Wildman–Crippen MR) is 74.1 cm³/mol. The fourth-order valence-corrected chi connectivity index (χ4v) is 1.75. The van der Waals surface area contributed by atoms with E-state index in [1.165, 1.54) is 6.92 Å². The highest BCUT2D eigenvalue weighted by atomic mass is 35.5. The molecule has 1 amide bonds. The first kappa shape index (κ1) is 13.4. The van der Waals surface area contributed by atoms with Crippen molar-refractivity contribution in [1.29, 1.82) is 0 Å². The summed E-state index contributed by atoms with van der Waals surface area (Å²) in [6.07, 6.45) is 1.69. The molecule has 1 aromatic carbocycles. The second-order valence-electron chi connectivity index (χ2n) is 4.08. The Morgan fingerprint density at radius 1 is 1.47 bits per heavy atom. The highest BCUT2D eigenvalue weighted by Crippen LogP contribution is 2.25. The van der Waals surface area contributed by atoms with Gasteiger partial charge in [-0.25, -0.2) is 0 Å². The molecule has 2 rings (SSSR count). The number of nitrogens with one attached hydrogen (secondary N) is 2. The fourth-order valence-electron chi connectivity index (χ4n) is 1.58. The topological polar surface area (TPSA) is 71.8 Å². The molecule has 1 heterocycles. The van der Waals surface area contributed by atoms with E-state index >= 15 is 0 Å². The summed E-state index contributed by atoms with van der Waals surface area (Å²) in [4.78, 5) is 11.1. The highest BCUT2D eigenvalue weighted by Gasteiger charge is 2.05. The van der Waals surface area contributed by atoms with Gasteiger partial charge >= 0.3 is 0 Å². The lowest BCUT2D eigenvalue weighted by Gasteiger charge is -2.10. The van der Waals surface area contributed by atoms with E-state index in [9.17, 15) is 4.79 Å². The molecular formula is C12H14ClN5O. The summed E-state index contributed by atoms with van der Waals surface area (Å²) in [5, 5.41) is 14.0. The summed E-state index contributed by atoms with van der Waals surface area (Å²) >= 11 is 6.00. The third-order valence-corrected chi connectivity index (χ3v) is 2.89. The van der Waals surface area contributed by atoms with Crippen molar-refractivity contribution in [2.45, 2.75) is 13.5 Å². The fraction of sp³-hybridized carbons (Fsp3) is 0.250. The molecule has 1 aromatic heterocycles. The standard InChI is InChI=1S/C12H14ClN5O/c1-8(19)16-12-5-9(3-4-11(12)13)14-6-10-7-15-17-18(10)2/h3-5,7,14H,6H2,1-2H3,(H,16,19). The van der Waals surface area contributed by atoms with Gasteiger partial charge in [-0.3, -0.25) is 9.48 Å². The molecule has 0 radical (unpaired) electrons. The molecule has 6 nitrogen and oxygen atoms in total. The zero-order chi connectivity index (χ0) is 13.8. The number of aryl methyl sites for hydroxylation is 1. The number of rotatable bonds is 4. The average Bonchev–Trinajstić information content (AvgIpc) is 2.75. The third-order valence-electron chi connectivity index (χ3n) is 2.56. The summed E-state index contributed by atoms with van der Waals surface area (Å²) in [5.41, 5.74) is 2.40. The van der Waals surface area contributed by atoms with Crippen LogP contribution < -0.4 is 10.6 Å². The van der Waals surface area contributed by atoms with Crippen LogP contribution in [0.15, 0.2) is 24.4 Å². The van der Waals surface area contributed by atoms with Crippen LogP contribution in [0.5, 0.6) is 0 Å². The lowest BCUT2D eigenvalue weighted by Crippen LogP contribution is -2.08. The minimum atomic E-state index is -0.158.